The Hall–Kier alpha value is -3.07. The predicted molar refractivity (Wildman–Crippen MR) is 108 cm³/mol. The third-order valence-electron chi connectivity index (χ3n) is 4.95. The topological polar surface area (TPSA) is 39.4 Å². The number of rotatable bonds is 4. The van der Waals surface area contributed by atoms with Crippen LogP contribution in [0, 0.1) is 6.92 Å². The van der Waals surface area contributed by atoms with Gasteiger partial charge in [-0.3, -0.25) is 4.79 Å². The van der Waals surface area contributed by atoms with E-state index in [1.165, 1.54) is 11.1 Å². The van der Waals surface area contributed by atoms with Crippen molar-refractivity contribution in [2.45, 2.75) is 33.1 Å². The van der Waals surface area contributed by atoms with Crippen molar-refractivity contribution >= 4 is 27.7 Å². The molecule has 0 amide bonds. The number of ether oxygens (including phenoxy) is 1. The average Bonchev–Trinajstić information content (AvgIpc) is 3.02. The van der Waals surface area contributed by atoms with Crippen LogP contribution in [0.2, 0.25) is 0 Å². The van der Waals surface area contributed by atoms with E-state index in [0.717, 1.165) is 27.3 Å². The summed E-state index contributed by atoms with van der Waals surface area (Å²) in [5.74, 6) is 0.687. The molecule has 27 heavy (non-hydrogen) atoms. The molecule has 0 aliphatic heterocycles. The standard InChI is InChI=1S/C24H22O3/c1-15(2)21-13-22-19(14-26-23(22)10-16(21)3)12-24(25)27-20-9-8-17-6-4-5-7-18(17)11-20/h4-11,13-15H,12H2,1-3H3. The van der Waals surface area contributed by atoms with Gasteiger partial charge in [-0.1, -0.05) is 44.2 Å². The van der Waals surface area contributed by atoms with Crippen LogP contribution >= 0.6 is 0 Å². The van der Waals surface area contributed by atoms with E-state index in [-0.39, 0.29) is 12.4 Å². The van der Waals surface area contributed by atoms with E-state index in [1.807, 2.05) is 48.5 Å². The number of carbonyl (C=O) groups excluding carboxylic acids is 1. The van der Waals surface area contributed by atoms with Crippen LogP contribution in [0.25, 0.3) is 21.7 Å². The molecule has 0 unspecified atom stereocenters. The van der Waals surface area contributed by atoms with Gasteiger partial charge in [-0.15, -0.1) is 0 Å². The molecule has 0 bridgehead atoms. The molecule has 0 fully saturated rings. The summed E-state index contributed by atoms with van der Waals surface area (Å²) in [4.78, 5) is 12.5. The Morgan fingerprint density at radius 1 is 1.04 bits per heavy atom. The summed E-state index contributed by atoms with van der Waals surface area (Å²) in [6.45, 7) is 6.43. The van der Waals surface area contributed by atoms with E-state index >= 15 is 0 Å². The van der Waals surface area contributed by atoms with Crippen molar-refractivity contribution in [1.29, 1.82) is 0 Å². The zero-order valence-electron chi connectivity index (χ0n) is 15.8. The zero-order chi connectivity index (χ0) is 19.0. The van der Waals surface area contributed by atoms with Gasteiger partial charge in [-0.2, -0.15) is 0 Å². The van der Waals surface area contributed by atoms with E-state index < -0.39 is 0 Å². The van der Waals surface area contributed by atoms with Crippen molar-refractivity contribution < 1.29 is 13.9 Å². The molecule has 1 heterocycles. The van der Waals surface area contributed by atoms with Crippen LogP contribution in [-0.4, -0.2) is 5.97 Å². The summed E-state index contributed by atoms with van der Waals surface area (Å²) in [7, 11) is 0. The highest BCUT2D eigenvalue weighted by Crippen LogP contribution is 2.29. The van der Waals surface area contributed by atoms with Crippen LogP contribution in [-0.2, 0) is 11.2 Å². The second kappa shape index (κ2) is 6.92. The van der Waals surface area contributed by atoms with Crippen molar-refractivity contribution in [2.24, 2.45) is 0 Å². The Kier molecular flexibility index (Phi) is 4.44. The lowest BCUT2D eigenvalue weighted by atomic mass is 9.95. The van der Waals surface area contributed by atoms with Gasteiger partial charge in [0.25, 0.3) is 0 Å². The maximum atomic E-state index is 12.5. The number of hydrogen-bond donors (Lipinski definition) is 0. The lowest BCUT2D eigenvalue weighted by Crippen LogP contribution is -2.11. The Morgan fingerprint density at radius 2 is 1.81 bits per heavy atom. The second-order valence-electron chi connectivity index (χ2n) is 7.28. The number of esters is 1. The molecule has 0 atom stereocenters. The number of furan rings is 1. The third kappa shape index (κ3) is 3.45. The van der Waals surface area contributed by atoms with Crippen LogP contribution in [0.3, 0.4) is 0 Å². The van der Waals surface area contributed by atoms with Crippen molar-refractivity contribution in [2.75, 3.05) is 0 Å². The molecular formula is C24H22O3. The molecule has 0 aliphatic rings. The fourth-order valence-corrected chi connectivity index (χ4v) is 3.56. The van der Waals surface area contributed by atoms with E-state index in [1.54, 1.807) is 6.26 Å². The van der Waals surface area contributed by atoms with Gasteiger partial charge in [0.1, 0.15) is 11.3 Å². The Balaban J connectivity index is 1.57. The van der Waals surface area contributed by atoms with Gasteiger partial charge in [-0.25, -0.2) is 0 Å². The van der Waals surface area contributed by atoms with E-state index in [2.05, 4.69) is 26.8 Å². The molecule has 0 spiro atoms. The minimum atomic E-state index is -0.292. The summed E-state index contributed by atoms with van der Waals surface area (Å²) < 4.78 is 11.2. The van der Waals surface area contributed by atoms with Gasteiger partial charge < -0.3 is 9.15 Å². The van der Waals surface area contributed by atoms with E-state index in [9.17, 15) is 4.79 Å². The molecule has 0 saturated heterocycles. The van der Waals surface area contributed by atoms with E-state index in [0.29, 0.717) is 11.7 Å². The Labute approximate surface area is 158 Å². The lowest BCUT2D eigenvalue weighted by molar-refractivity contribution is -0.133. The van der Waals surface area contributed by atoms with Crippen LogP contribution in [0.15, 0.2) is 65.3 Å². The molecule has 3 nitrogen and oxygen atoms in total. The minimum Gasteiger partial charge on any atom is -0.464 e. The first-order valence-electron chi connectivity index (χ1n) is 9.21. The number of fused-ring (bicyclic) bond motifs is 2. The van der Waals surface area contributed by atoms with Crippen molar-refractivity contribution in [3.05, 3.63) is 77.6 Å². The first-order valence-corrected chi connectivity index (χ1v) is 9.21. The van der Waals surface area contributed by atoms with Crippen LogP contribution in [0.4, 0.5) is 0 Å². The van der Waals surface area contributed by atoms with Crippen LogP contribution in [0.1, 0.15) is 36.5 Å². The van der Waals surface area contributed by atoms with Crippen LogP contribution < -0.4 is 4.74 Å². The number of aryl methyl sites for hydroxylation is 1. The fraction of sp³-hybridized carbons (Fsp3) is 0.208. The van der Waals surface area contributed by atoms with Gasteiger partial charge in [0.15, 0.2) is 0 Å². The smallest absolute Gasteiger partial charge is 0.315 e. The Morgan fingerprint density at radius 3 is 2.59 bits per heavy atom. The van der Waals surface area contributed by atoms with Gasteiger partial charge in [-0.05, 0) is 59.0 Å². The summed E-state index contributed by atoms with van der Waals surface area (Å²) in [6, 6.07) is 17.9. The van der Waals surface area contributed by atoms with Crippen molar-refractivity contribution in [3.8, 4) is 5.75 Å². The SMILES string of the molecule is Cc1cc2occ(CC(=O)Oc3ccc4ccccc4c3)c2cc1C(C)C. The summed E-state index contributed by atoms with van der Waals surface area (Å²) in [5, 5.41) is 3.16. The largest absolute Gasteiger partial charge is 0.464 e. The molecule has 1 aromatic heterocycles. The predicted octanol–water partition coefficient (Wildman–Crippen LogP) is 6.17. The van der Waals surface area contributed by atoms with Gasteiger partial charge in [0, 0.05) is 10.9 Å². The second-order valence-corrected chi connectivity index (χ2v) is 7.28. The summed E-state index contributed by atoms with van der Waals surface area (Å²) in [5.41, 5.74) is 4.15. The molecule has 0 saturated carbocycles. The highest BCUT2D eigenvalue weighted by atomic mass is 16.5. The first kappa shape index (κ1) is 17.3. The van der Waals surface area contributed by atoms with Crippen LogP contribution in [0.5, 0.6) is 5.75 Å². The Bertz CT molecular complexity index is 1140. The van der Waals surface area contributed by atoms with Crippen molar-refractivity contribution in [1.82, 2.24) is 0 Å². The zero-order valence-corrected chi connectivity index (χ0v) is 15.8. The minimum absolute atomic E-state index is 0.181. The number of carbonyl (C=O) groups is 1. The third-order valence-corrected chi connectivity index (χ3v) is 4.95. The molecule has 136 valence electrons. The summed E-state index contributed by atoms with van der Waals surface area (Å²) in [6.07, 6.45) is 1.84. The van der Waals surface area contributed by atoms with E-state index in [4.69, 9.17) is 9.15 Å². The maximum absolute atomic E-state index is 12.5. The quantitative estimate of drug-likeness (QED) is 0.324. The van der Waals surface area contributed by atoms with Gasteiger partial charge in [0.2, 0.25) is 0 Å². The molecule has 0 aliphatic carbocycles. The highest BCUT2D eigenvalue weighted by Gasteiger charge is 2.15. The average molecular weight is 358 g/mol. The van der Waals surface area contributed by atoms with Gasteiger partial charge in [0.05, 0.1) is 12.7 Å². The molecule has 4 rings (SSSR count). The summed E-state index contributed by atoms with van der Waals surface area (Å²) >= 11 is 0. The van der Waals surface area contributed by atoms with Gasteiger partial charge >= 0.3 is 5.97 Å². The monoisotopic (exact) mass is 358 g/mol. The van der Waals surface area contributed by atoms with Crippen molar-refractivity contribution in [3.63, 3.8) is 0 Å². The molecular weight excluding hydrogens is 336 g/mol. The highest BCUT2D eigenvalue weighted by molar-refractivity contribution is 5.88. The number of hydrogen-bond acceptors (Lipinski definition) is 3. The first-order chi connectivity index (χ1) is 13.0. The lowest BCUT2D eigenvalue weighted by Gasteiger charge is -2.10. The molecule has 3 aromatic carbocycles. The normalized spacial score (nSPS) is 11.4. The fourth-order valence-electron chi connectivity index (χ4n) is 3.56. The number of benzene rings is 3. The molecule has 0 radical (unpaired) electrons. The molecule has 3 heteroatoms. The maximum Gasteiger partial charge on any atom is 0.315 e. The molecule has 4 aromatic rings. The molecule has 0 N–H and O–H groups in total.